The summed E-state index contributed by atoms with van der Waals surface area (Å²) < 4.78 is 5.32. The molecule has 100 valence electrons. The topological polar surface area (TPSA) is 63.2 Å². The molecule has 1 aromatic heterocycles. The van der Waals surface area contributed by atoms with Gasteiger partial charge in [0.05, 0.1) is 23.3 Å². The standard InChI is InChI=1S/C12H18ClN3O2/c1-8(2)18-5-4-15-12(17)9-6-10(13)11(14-3)16-7-9/h6-8H,4-5H2,1-3H3,(H,14,16)(H,15,17). The van der Waals surface area contributed by atoms with Crippen LogP contribution in [0.5, 0.6) is 0 Å². The van der Waals surface area contributed by atoms with Gasteiger partial charge in [-0.15, -0.1) is 0 Å². The van der Waals surface area contributed by atoms with Crippen molar-refractivity contribution in [1.82, 2.24) is 10.3 Å². The minimum absolute atomic E-state index is 0.160. The molecule has 0 bridgehead atoms. The van der Waals surface area contributed by atoms with Crippen LogP contribution in [-0.2, 0) is 4.74 Å². The number of halogens is 1. The predicted molar refractivity (Wildman–Crippen MR) is 72.2 cm³/mol. The fourth-order valence-corrected chi connectivity index (χ4v) is 1.57. The lowest BCUT2D eigenvalue weighted by atomic mass is 10.2. The third kappa shape index (κ3) is 4.50. The zero-order chi connectivity index (χ0) is 13.5. The highest BCUT2D eigenvalue weighted by Crippen LogP contribution is 2.19. The summed E-state index contributed by atoms with van der Waals surface area (Å²) in [6, 6.07) is 1.58. The monoisotopic (exact) mass is 271 g/mol. The molecule has 0 aliphatic carbocycles. The minimum Gasteiger partial charge on any atom is -0.377 e. The minimum atomic E-state index is -0.209. The molecule has 5 nitrogen and oxygen atoms in total. The number of rotatable bonds is 6. The van der Waals surface area contributed by atoms with Crippen LogP contribution in [0.3, 0.4) is 0 Å². The zero-order valence-corrected chi connectivity index (χ0v) is 11.5. The van der Waals surface area contributed by atoms with Crippen molar-refractivity contribution in [2.24, 2.45) is 0 Å². The second-order valence-electron chi connectivity index (χ2n) is 3.98. The number of nitrogens with zero attached hydrogens (tertiary/aromatic N) is 1. The number of amides is 1. The summed E-state index contributed by atoms with van der Waals surface area (Å²) in [5.41, 5.74) is 0.434. The van der Waals surface area contributed by atoms with Crippen molar-refractivity contribution in [2.45, 2.75) is 20.0 Å². The maximum Gasteiger partial charge on any atom is 0.252 e. The Labute approximate surface area is 112 Å². The van der Waals surface area contributed by atoms with E-state index in [0.29, 0.717) is 29.6 Å². The van der Waals surface area contributed by atoms with Crippen LogP contribution in [0.4, 0.5) is 5.82 Å². The second kappa shape index (κ2) is 7.18. The van der Waals surface area contributed by atoms with Gasteiger partial charge in [0.15, 0.2) is 0 Å². The van der Waals surface area contributed by atoms with Crippen molar-refractivity contribution in [3.8, 4) is 0 Å². The molecule has 2 N–H and O–H groups in total. The van der Waals surface area contributed by atoms with E-state index < -0.39 is 0 Å². The summed E-state index contributed by atoms with van der Waals surface area (Å²) in [5, 5.41) is 5.99. The van der Waals surface area contributed by atoms with E-state index in [0.717, 1.165) is 0 Å². The SMILES string of the molecule is CNc1ncc(C(=O)NCCOC(C)C)cc1Cl. The molecule has 1 heterocycles. The van der Waals surface area contributed by atoms with E-state index in [4.69, 9.17) is 16.3 Å². The first-order valence-electron chi connectivity index (χ1n) is 5.77. The van der Waals surface area contributed by atoms with E-state index in [9.17, 15) is 4.79 Å². The molecule has 0 atom stereocenters. The Morgan fingerprint density at radius 2 is 2.28 bits per heavy atom. The molecular formula is C12H18ClN3O2. The van der Waals surface area contributed by atoms with Gasteiger partial charge >= 0.3 is 0 Å². The number of ether oxygens (including phenoxy) is 1. The Kier molecular flexibility index (Phi) is 5.88. The smallest absolute Gasteiger partial charge is 0.252 e. The molecular weight excluding hydrogens is 254 g/mol. The molecule has 0 aromatic carbocycles. The number of nitrogens with one attached hydrogen (secondary N) is 2. The first-order chi connectivity index (χ1) is 8.54. The van der Waals surface area contributed by atoms with Crippen LogP contribution in [0.25, 0.3) is 0 Å². The van der Waals surface area contributed by atoms with Crippen LogP contribution in [0, 0.1) is 0 Å². The van der Waals surface area contributed by atoms with Gasteiger partial charge in [-0.05, 0) is 19.9 Å². The molecule has 0 radical (unpaired) electrons. The molecule has 0 fully saturated rings. The van der Waals surface area contributed by atoms with Crippen molar-refractivity contribution in [2.75, 3.05) is 25.5 Å². The van der Waals surface area contributed by atoms with Crippen LogP contribution in [0.2, 0.25) is 5.02 Å². The third-order valence-electron chi connectivity index (χ3n) is 2.18. The van der Waals surface area contributed by atoms with Crippen LogP contribution in [0.1, 0.15) is 24.2 Å². The number of hydrogen-bond donors (Lipinski definition) is 2. The van der Waals surface area contributed by atoms with E-state index >= 15 is 0 Å². The summed E-state index contributed by atoms with van der Waals surface area (Å²) in [4.78, 5) is 15.8. The lowest BCUT2D eigenvalue weighted by molar-refractivity contribution is 0.0746. The normalized spacial score (nSPS) is 10.5. The quantitative estimate of drug-likeness (QED) is 0.776. The Morgan fingerprint density at radius 3 is 2.83 bits per heavy atom. The average molecular weight is 272 g/mol. The van der Waals surface area contributed by atoms with E-state index in [-0.39, 0.29) is 12.0 Å². The van der Waals surface area contributed by atoms with E-state index in [1.165, 1.54) is 6.20 Å². The van der Waals surface area contributed by atoms with E-state index in [1.54, 1.807) is 13.1 Å². The molecule has 1 aromatic rings. The molecule has 0 unspecified atom stereocenters. The predicted octanol–water partition coefficient (Wildman–Crippen LogP) is 1.93. The maximum absolute atomic E-state index is 11.8. The number of hydrogen-bond acceptors (Lipinski definition) is 4. The number of aromatic nitrogens is 1. The molecule has 0 saturated carbocycles. The van der Waals surface area contributed by atoms with Crippen molar-refractivity contribution < 1.29 is 9.53 Å². The largest absolute Gasteiger partial charge is 0.377 e. The van der Waals surface area contributed by atoms with E-state index in [2.05, 4.69) is 15.6 Å². The van der Waals surface area contributed by atoms with Crippen molar-refractivity contribution in [1.29, 1.82) is 0 Å². The summed E-state index contributed by atoms with van der Waals surface area (Å²) in [5.74, 6) is 0.343. The van der Waals surface area contributed by atoms with Gasteiger partial charge in [-0.2, -0.15) is 0 Å². The third-order valence-corrected chi connectivity index (χ3v) is 2.47. The average Bonchev–Trinajstić information content (AvgIpc) is 2.34. The molecule has 18 heavy (non-hydrogen) atoms. The number of anilines is 1. The fourth-order valence-electron chi connectivity index (χ4n) is 1.31. The molecule has 1 rings (SSSR count). The van der Waals surface area contributed by atoms with Crippen molar-refractivity contribution >= 4 is 23.3 Å². The van der Waals surface area contributed by atoms with Gasteiger partial charge in [0.2, 0.25) is 0 Å². The highest BCUT2D eigenvalue weighted by atomic mass is 35.5. The highest BCUT2D eigenvalue weighted by molar-refractivity contribution is 6.33. The van der Waals surface area contributed by atoms with Gasteiger partial charge in [-0.1, -0.05) is 11.6 Å². The zero-order valence-electron chi connectivity index (χ0n) is 10.8. The number of pyridine rings is 1. The Morgan fingerprint density at radius 1 is 1.56 bits per heavy atom. The lowest BCUT2D eigenvalue weighted by Crippen LogP contribution is -2.28. The van der Waals surface area contributed by atoms with Crippen LogP contribution in [-0.4, -0.2) is 37.2 Å². The lowest BCUT2D eigenvalue weighted by Gasteiger charge is -2.09. The van der Waals surface area contributed by atoms with Gasteiger partial charge in [0.25, 0.3) is 5.91 Å². The van der Waals surface area contributed by atoms with Gasteiger partial charge in [0.1, 0.15) is 5.82 Å². The molecule has 0 aliphatic heterocycles. The van der Waals surface area contributed by atoms with Crippen molar-refractivity contribution in [3.63, 3.8) is 0 Å². The number of carbonyl (C=O) groups is 1. The molecule has 0 spiro atoms. The van der Waals surface area contributed by atoms with Gasteiger partial charge in [-0.3, -0.25) is 4.79 Å². The van der Waals surface area contributed by atoms with Crippen LogP contribution in [0.15, 0.2) is 12.3 Å². The van der Waals surface area contributed by atoms with E-state index in [1.807, 2.05) is 13.8 Å². The maximum atomic E-state index is 11.8. The molecule has 1 amide bonds. The van der Waals surface area contributed by atoms with Gasteiger partial charge in [-0.25, -0.2) is 4.98 Å². The Bertz CT molecular complexity index is 410. The Hall–Kier alpha value is -1.33. The number of carbonyl (C=O) groups excluding carboxylic acids is 1. The summed E-state index contributed by atoms with van der Waals surface area (Å²) in [6.45, 7) is 4.84. The highest BCUT2D eigenvalue weighted by Gasteiger charge is 2.08. The second-order valence-corrected chi connectivity index (χ2v) is 4.39. The van der Waals surface area contributed by atoms with Crippen molar-refractivity contribution in [3.05, 3.63) is 22.8 Å². The first kappa shape index (κ1) is 14.7. The summed E-state index contributed by atoms with van der Waals surface area (Å²) >= 11 is 5.95. The van der Waals surface area contributed by atoms with Gasteiger partial charge < -0.3 is 15.4 Å². The summed E-state index contributed by atoms with van der Waals surface area (Å²) in [7, 11) is 1.72. The summed E-state index contributed by atoms with van der Waals surface area (Å²) in [6.07, 6.45) is 1.64. The molecule has 6 heteroatoms. The molecule has 0 aliphatic rings. The molecule has 0 saturated heterocycles. The van der Waals surface area contributed by atoms with Crippen LogP contribution >= 0.6 is 11.6 Å². The Balaban J connectivity index is 2.49. The fraction of sp³-hybridized carbons (Fsp3) is 0.500. The van der Waals surface area contributed by atoms with Gasteiger partial charge in [0, 0.05) is 19.8 Å². The van der Waals surface area contributed by atoms with Crippen LogP contribution < -0.4 is 10.6 Å². The first-order valence-corrected chi connectivity index (χ1v) is 6.15.